The zero-order valence-electron chi connectivity index (χ0n) is 16.3. The van der Waals surface area contributed by atoms with Crippen LogP contribution in [0.5, 0.6) is 0 Å². The summed E-state index contributed by atoms with van der Waals surface area (Å²) in [5, 5.41) is 0. The Morgan fingerprint density at radius 1 is 0.900 bits per heavy atom. The zero-order chi connectivity index (χ0) is 21.7. The molecule has 0 N–H and O–H groups in total. The molecule has 0 unspecified atom stereocenters. The number of hydrogen-bond donors (Lipinski definition) is 0. The molecular formula is C23H19BrO4SSe. The molecular weight excluding hydrogens is 531 g/mol. The topological polar surface area (TPSA) is 60.4 Å². The van der Waals surface area contributed by atoms with Gasteiger partial charge < -0.3 is 0 Å². The third-order valence-corrected chi connectivity index (χ3v) is 9.28. The first kappa shape index (κ1) is 22.5. The fourth-order valence-electron chi connectivity index (χ4n) is 2.70. The molecule has 3 aromatic carbocycles. The number of hydrogen-bond acceptors (Lipinski definition) is 4. The molecule has 0 amide bonds. The van der Waals surface area contributed by atoms with Gasteiger partial charge in [-0.25, -0.2) is 0 Å². The van der Waals surface area contributed by atoms with Gasteiger partial charge in [-0.3, -0.25) is 0 Å². The van der Waals surface area contributed by atoms with Gasteiger partial charge in [-0.15, -0.1) is 0 Å². The minimum atomic E-state index is -4.10. The second-order valence-corrected chi connectivity index (χ2v) is 11.5. The average Bonchev–Trinajstić information content (AvgIpc) is 2.74. The van der Waals surface area contributed by atoms with Gasteiger partial charge in [-0.05, 0) is 0 Å². The second kappa shape index (κ2) is 9.75. The van der Waals surface area contributed by atoms with Crippen LogP contribution in [0.4, 0.5) is 0 Å². The van der Waals surface area contributed by atoms with Crippen LogP contribution in [-0.4, -0.2) is 36.5 Å². The van der Waals surface area contributed by atoms with Crippen molar-refractivity contribution in [2.45, 2.75) is 11.8 Å². The molecule has 4 nitrogen and oxygen atoms in total. The number of carbonyl (C=O) groups excluding carboxylic acids is 1. The van der Waals surface area contributed by atoms with E-state index in [0.29, 0.717) is 10.0 Å². The van der Waals surface area contributed by atoms with E-state index < -0.39 is 30.8 Å². The van der Waals surface area contributed by atoms with Crippen molar-refractivity contribution in [3.8, 4) is 0 Å². The Labute approximate surface area is 191 Å². The van der Waals surface area contributed by atoms with Crippen molar-refractivity contribution < 1.29 is 17.9 Å². The molecule has 0 aliphatic rings. The van der Waals surface area contributed by atoms with Gasteiger partial charge in [-0.1, -0.05) is 0 Å². The Kier molecular flexibility index (Phi) is 7.31. The minimum absolute atomic E-state index is 0.0620. The van der Waals surface area contributed by atoms with Crippen LogP contribution in [0.3, 0.4) is 0 Å². The third-order valence-electron chi connectivity index (χ3n) is 4.25. The van der Waals surface area contributed by atoms with Crippen molar-refractivity contribution in [3.05, 3.63) is 99.4 Å². The maximum atomic E-state index is 13.6. The molecule has 0 bridgehead atoms. The Hall–Kier alpha value is -2.18. The molecule has 0 fully saturated rings. The van der Waals surface area contributed by atoms with Gasteiger partial charge in [0.1, 0.15) is 0 Å². The van der Waals surface area contributed by atoms with Gasteiger partial charge in [0, 0.05) is 0 Å². The number of benzene rings is 3. The Morgan fingerprint density at radius 3 is 2.07 bits per heavy atom. The van der Waals surface area contributed by atoms with Gasteiger partial charge in [0.25, 0.3) is 0 Å². The summed E-state index contributed by atoms with van der Waals surface area (Å²) in [6.45, 7) is 1.87. The van der Waals surface area contributed by atoms with E-state index in [1.54, 1.807) is 24.3 Å². The van der Waals surface area contributed by atoms with E-state index in [4.69, 9.17) is 4.74 Å². The standard InChI is InChI=1S/C23H19BrO4SSe/c1-16-8-14-19(15-9-16)29(26,27)21(23(25)28-2)22(17-10-12-18(24)13-11-17)30-20-6-4-3-5-7-20/h3-15H,1-2H3/b22-21+. The number of aryl methyl sites for hydroxylation is 1. The summed E-state index contributed by atoms with van der Waals surface area (Å²) in [5.41, 5.74) is 1.59. The number of halogens is 1. The monoisotopic (exact) mass is 550 g/mol. The molecule has 0 saturated carbocycles. The summed E-state index contributed by atoms with van der Waals surface area (Å²) < 4.78 is 34.3. The molecule has 0 aliphatic carbocycles. The predicted octanol–water partition coefficient (Wildman–Crippen LogP) is 4.10. The van der Waals surface area contributed by atoms with Crippen molar-refractivity contribution >= 4 is 55.6 Å². The summed E-state index contributed by atoms with van der Waals surface area (Å²) in [5.74, 6) is -0.869. The Morgan fingerprint density at radius 2 is 1.50 bits per heavy atom. The molecule has 154 valence electrons. The van der Waals surface area contributed by atoms with Crippen LogP contribution in [-0.2, 0) is 19.4 Å². The first-order valence-electron chi connectivity index (χ1n) is 8.96. The van der Waals surface area contributed by atoms with Gasteiger partial charge >= 0.3 is 192 Å². The number of sulfone groups is 1. The summed E-state index contributed by atoms with van der Waals surface area (Å²) in [6.07, 6.45) is 0. The van der Waals surface area contributed by atoms with Crippen LogP contribution in [0.2, 0.25) is 0 Å². The average molecular weight is 550 g/mol. The van der Waals surface area contributed by atoms with Crippen LogP contribution < -0.4 is 4.46 Å². The van der Waals surface area contributed by atoms with Crippen molar-refractivity contribution in [2.24, 2.45) is 0 Å². The summed E-state index contributed by atoms with van der Waals surface area (Å²) in [7, 11) is -2.90. The number of ether oxygens (including phenoxy) is 1. The molecule has 0 radical (unpaired) electrons. The second-order valence-electron chi connectivity index (χ2n) is 6.39. The molecule has 7 heteroatoms. The molecule has 0 saturated heterocycles. The Balaban J connectivity index is 2.30. The van der Waals surface area contributed by atoms with Crippen molar-refractivity contribution in [2.75, 3.05) is 7.11 Å². The van der Waals surface area contributed by atoms with Crippen LogP contribution >= 0.6 is 15.9 Å². The van der Waals surface area contributed by atoms with Crippen molar-refractivity contribution in [1.29, 1.82) is 0 Å². The SMILES string of the molecule is COC(=O)/C(=C(\[Se]c1ccccc1)c1ccc(Br)cc1)S(=O)(=O)c1ccc(C)cc1. The number of carbonyl (C=O) groups is 1. The number of methoxy groups -OCH3 is 1. The van der Waals surface area contributed by atoms with Gasteiger partial charge in [0.2, 0.25) is 0 Å². The molecule has 30 heavy (non-hydrogen) atoms. The molecule has 0 spiro atoms. The maximum absolute atomic E-state index is 13.6. The van der Waals surface area contributed by atoms with E-state index in [0.717, 1.165) is 14.5 Å². The molecule has 0 aromatic heterocycles. The summed E-state index contributed by atoms with van der Waals surface area (Å²) in [4.78, 5) is 12.6. The predicted molar refractivity (Wildman–Crippen MR) is 123 cm³/mol. The van der Waals surface area contributed by atoms with E-state index in [2.05, 4.69) is 15.9 Å². The number of rotatable bonds is 6. The van der Waals surface area contributed by atoms with Crippen LogP contribution in [0.25, 0.3) is 4.47 Å². The first-order chi connectivity index (χ1) is 14.3. The molecule has 0 aliphatic heterocycles. The van der Waals surface area contributed by atoms with Crippen LogP contribution in [0.1, 0.15) is 11.1 Å². The fourth-order valence-corrected chi connectivity index (χ4v) is 7.27. The van der Waals surface area contributed by atoms with Crippen LogP contribution in [0, 0.1) is 6.92 Å². The molecule has 3 aromatic rings. The third kappa shape index (κ3) is 5.10. The van der Waals surface area contributed by atoms with E-state index in [9.17, 15) is 13.2 Å². The summed E-state index contributed by atoms with van der Waals surface area (Å²) in [6, 6.07) is 23.2. The van der Waals surface area contributed by atoms with E-state index >= 15 is 0 Å². The van der Waals surface area contributed by atoms with Crippen molar-refractivity contribution in [3.63, 3.8) is 0 Å². The summed E-state index contributed by atoms with van der Waals surface area (Å²) >= 11 is 2.96. The van der Waals surface area contributed by atoms with Gasteiger partial charge in [0.15, 0.2) is 0 Å². The fraction of sp³-hybridized carbons (Fsp3) is 0.0870. The van der Waals surface area contributed by atoms with Gasteiger partial charge in [0.05, 0.1) is 0 Å². The van der Waals surface area contributed by atoms with Crippen molar-refractivity contribution in [1.82, 2.24) is 0 Å². The quantitative estimate of drug-likeness (QED) is 0.264. The van der Waals surface area contributed by atoms with E-state index in [-0.39, 0.29) is 9.80 Å². The molecule has 0 atom stereocenters. The normalized spacial score (nSPS) is 12.2. The molecule has 3 rings (SSSR count). The van der Waals surface area contributed by atoms with E-state index in [1.165, 1.54) is 19.2 Å². The van der Waals surface area contributed by atoms with Gasteiger partial charge in [-0.2, -0.15) is 0 Å². The molecule has 0 heterocycles. The number of esters is 1. The van der Waals surface area contributed by atoms with Crippen LogP contribution in [0.15, 0.2) is 93.1 Å². The zero-order valence-corrected chi connectivity index (χ0v) is 20.4. The van der Waals surface area contributed by atoms with E-state index in [1.807, 2.05) is 49.4 Å². The first-order valence-corrected chi connectivity index (χ1v) is 12.9. The Bertz CT molecular complexity index is 1170.